The quantitative estimate of drug-likeness (QED) is 0.684. The molecule has 1 aliphatic rings. The largest absolute Gasteiger partial charge is 0.444 e. The summed E-state index contributed by atoms with van der Waals surface area (Å²) in [5.74, 6) is -4.03. The van der Waals surface area contributed by atoms with E-state index >= 15 is 0 Å². The summed E-state index contributed by atoms with van der Waals surface area (Å²) in [6.45, 7) is -0.853. The maximum absolute atomic E-state index is 14.1. The highest BCUT2D eigenvalue weighted by Gasteiger charge is 2.59. The molecule has 2 aromatic rings. The van der Waals surface area contributed by atoms with Crippen molar-refractivity contribution in [3.8, 4) is 0 Å². The van der Waals surface area contributed by atoms with Crippen molar-refractivity contribution in [3.05, 3.63) is 58.6 Å². The van der Waals surface area contributed by atoms with Gasteiger partial charge in [-0.2, -0.15) is 13.8 Å². The number of carbonyl (C=O) groups excluding carboxylic acids is 1. The van der Waals surface area contributed by atoms with Gasteiger partial charge in [0.15, 0.2) is 6.10 Å². The number of alkyl halides is 2. The number of aliphatic hydroxyl groups excluding tert-OH is 2. The van der Waals surface area contributed by atoms with Crippen LogP contribution < -0.4 is 11.0 Å². The zero-order valence-electron chi connectivity index (χ0n) is 14.4. The molecule has 1 aromatic heterocycles. The Morgan fingerprint density at radius 3 is 2.64 bits per heavy atom. The van der Waals surface area contributed by atoms with E-state index in [0.29, 0.717) is 4.57 Å². The molecular formula is C17H17F2N3O6. The Hall–Kier alpha value is -2.89. The lowest BCUT2D eigenvalue weighted by atomic mass is 10.1. The van der Waals surface area contributed by atoms with Crippen LogP contribution in [0.3, 0.4) is 0 Å². The normalized spacial score (nSPS) is 23.4. The van der Waals surface area contributed by atoms with Crippen LogP contribution in [0.25, 0.3) is 0 Å². The smallest absolute Gasteiger partial charge is 0.413 e. The molecule has 9 nitrogen and oxygen atoms in total. The minimum Gasteiger partial charge on any atom is -0.444 e. The molecule has 0 saturated carbocycles. The Labute approximate surface area is 157 Å². The molecular weight excluding hydrogens is 380 g/mol. The van der Waals surface area contributed by atoms with E-state index < -0.39 is 42.7 Å². The Morgan fingerprint density at radius 1 is 1.32 bits per heavy atom. The van der Waals surface area contributed by atoms with E-state index in [0.717, 1.165) is 17.8 Å². The fraction of sp³-hybridized carbons (Fsp3) is 0.353. The second kappa shape index (κ2) is 8.00. The molecule has 1 unspecified atom stereocenters. The van der Waals surface area contributed by atoms with Crippen molar-refractivity contribution in [2.45, 2.75) is 31.0 Å². The highest BCUT2D eigenvalue weighted by Crippen LogP contribution is 2.41. The van der Waals surface area contributed by atoms with Gasteiger partial charge in [0.1, 0.15) is 18.5 Å². The second-order valence-corrected chi connectivity index (χ2v) is 6.02. The van der Waals surface area contributed by atoms with Crippen LogP contribution in [-0.2, 0) is 16.1 Å². The molecule has 2 heterocycles. The highest BCUT2D eigenvalue weighted by molar-refractivity contribution is 5.83. The third-order valence-electron chi connectivity index (χ3n) is 4.08. The number of hydrogen-bond donors (Lipinski definition) is 3. The lowest BCUT2D eigenvalue weighted by Crippen LogP contribution is -2.41. The van der Waals surface area contributed by atoms with Crippen LogP contribution in [0.2, 0.25) is 0 Å². The van der Waals surface area contributed by atoms with E-state index in [4.69, 9.17) is 14.6 Å². The maximum Gasteiger partial charge on any atom is 0.413 e. The van der Waals surface area contributed by atoms with Crippen molar-refractivity contribution in [2.75, 3.05) is 11.9 Å². The van der Waals surface area contributed by atoms with Crippen LogP contribution in [0.1, 0.15) is 11.8 Å². The number of rotatable bonds is 5. The minimum absolute atomic E-state index is 0.00763. The van der Waals surface area contributed by atoms with Crippen LogP contribution in [0, 0.1) is 0 Å². The van der Waals surface area contributed by atoms with E-state index in [2.05, 4.69) is 10.3 Å². The molecule has 11 heteroatoms. The van der Waals surface area contributed by atoms with Gasteiger partial charge < -0.3 is 19.7 Å². The Balaban J connectivity index is 1.67. The van der Waals surface area contributed by atoms with E-state index in [-0.39, 0.29) is 12.4 Å². The van der Waals surface area contributed by atoms with Crippen LogP contribution in [0.4, 0.5) is 19.4 Å². The van der Waals surface area contributed by atoms with Crippen LogP contribution in [-0.4, -0.2) is 50.6 Å². The number of aromatic nitrogens is 2. The Bertz CT molecular complexity index is 892. The number of carbonyl (C=O) groups is 1. The average molecular weight is 397 g/mol. The first-order valence-corrected chi connectivity index (χ1v) is 8.22. The summed E-state index contributed by atoms with van der Waals surface area (Å²) in [5.41, 5.74) is -0.394. The molecule has 0 radical (unpaired) electrons. The monoisotopic (exact) mass is 397 g/mol. The first-order valence-electron chi connectivity index (χ1n) is 8.22. The Kier molecular flexibility index (Phi) is 5.68. The number of halogens is 2. The van der Waals surface area contributed by atoms with Gasteiger partial charge in [0.05, 0.1) is 6.61 Å². The lowest BCUT2D eigenvalue weighted by Gasteiger charge is -2.21. The zero-order chi connectivity index (χ0) is 20.3. The number of aliphatic hydroxyl groups is 2. The molecule has 1 aromatic carbocycles. The van der Waals surface area contributed by atoms with Crippen molar-refractivity contribution in [2.24, 2.45) is 0 Å². The third-order valence-corrected chi connectivity index (χ3v) is 4.08. The fourth-order valence-corrected chi connectivity index (χ4v) is 2.64. The van der Waals surface area contributed by atoms with Crippen molar-refractivity contribution in [1.82, 2.24) is 9.55 Å². The Morgan fingerprint density at radius 2 is 2.04 bits per heavy atom. The van der Waals surface area contributed by atoms with Crippen LogP contribution in [0.5, 0.6) is 0 Å². The van der Waals surface area contributed by atoms with Gasteiger partial charge in [-0.15, -0.1) is 0 Å². The molecule has 1 saturated heterocycles. The molecule has 3 atom stereocenters. The number of anilines is 1. The van der Waals surface area contributed by atoms with Crippen molar-refractivity contribution in [1.29, 1.82) is 0 Å². The van der Waals surface area contributed by atoms with Gasteiger partial charge >= 0.3 is 17.7 Å². The summed E-state index contributed by atoms with van der Waals surface area (Å²) >= 11 is 0. The third kappa shape index (κ3) is 4.01. The van der Waals surface area contributed by atoms with E-state index in [1.54, 1.807) is 24.3 Å². The maximum atomic E-state index is 14.1. The van der Waals surface area contributed by atoms with Gasteiger partial charge in [-0.05, 0) is 11.6 Å². The summed E-state index contributed by atoms with van der Waals surface area (Å²) in [5, 5.41) is 20.7. The fourth-order valence-electron chi connectivity index (χ4n) is 2.64. The molecule has 1 amide bonds. The molecule has 1 aliphatic heterocycles. The average Bonchev–Trinajstić information content (AvgIpc) is 2.90. The number of amides is 1. The molecule has 0 aliphatic carbocycles. The second-order valence-electron chi connectivity index (χ2n) is 6.02. The summed E-state index contributed by atoms with van der Waals surface area (Å²) in [6.07, 6.45) is -5.91. The summed E-state index contributed by atoms with van der Waals surface area (Å²) < 4.78 is 38.5. The number of hydrogen-bond acceptors (Lipinski definition) is 7. The number of ether oxygens (including phenoxy) is 2. The lowest BCUT2D eigenvalue weighted by molar-refractivity contribution is -0.140. The van der Waals surface area contributed by atoms with Gasteiger partial charge in [0.25, 0.3) is 0 Å². The number of nitrogens with one attached hydrogen (secondary N) is 1. The summed E-state index contributed by atoms with van der Waals surface area (Å²) in [7, 11) is 0. The highest BCUT2D eigenvalue weighted by atomic mass is 19.3. The van der Waals surface area contributed by atoms with Crippen molar-refractivity contribution in [3.63, 3.8) is 0 Å². The first kappa shape index (κ1) is 19.9. The predicted octanol–water partition coefficient (Wildman–Crippen LogP) is 0.878. The van der Waals surface area contributed by atoms with Crippen LogP contribution in [0.15, 0.2) is 47.4 Å². The summed E-state index contributed by atoms with van der Waals surface area (Å²) in [6, 6.07) is 9.96. The minimum atomic E-state index is -3.82. The topological polar surface area (TPSA) is 123 Å². The molecule has 3 N–H and O–H groups in total. The van der Waals surface area contributed by atoms with Gasteiger partial charge in [-0.3, -0.25) is 9.88 Å². The standard InChI is InChI=1S/C17H17F2N3O6/c18-17(19)13(24)11(8-23)28-14(17)22-7-6-12(20-15(22)25)21-16(26)27-9-10-4-2-1-3-5-10/h1-7,11,13-14,23-24H,8-9H2,(H,20,21,25,26)/t11-,13-,14?/m1/s1. The van der Waals surface area contributed by atoms with E-state index in [9.17, 15) is 23.5 Å². The molecule has 28 heavy (non-hydrogen) atoms. The molecule has 3 rings (SSSR count). The number of benzene rings is 1. The zero-order valence-corrected chi connectivity index (χ0v) is 14.4. The molecule has 0 spiro atoms. The van der Waals surface area contributed by atoms with E-state index in [1.165, 1.54) is 0 Å². The van der Waals surface area contributed by atoms with Crippen LogP contribution >= 0.6 is 0 Å². The van der Waals surface area contributed by atoms with Gasteiger partial charge in [0.2, 0.25) is 6.23 Å². The van der Waals surface area contributed by atoms with Gasteiger partial charge in [0, 0.05) is 6.20 Å². The first-order chi connectivity index (χ1) is 13.3. The number of nitrogens with zero attached hydrogens (tertiary/aromatic N) is 2. The van der Waals surface area contributed by atoms with E-state index in [1.807, 2.05) is 6.07 Å². The van der Waals surface area contributed by atoms with Crippen molar-refractivity contribution >= 4 is 11.9 Å². The van der Waals surface area contributed by atoms with Crippen molar-refractivity contribution < 1.29 is 33.3 Å². The molecule has 150 valence electrons. The summed E-state index contributed by atoms with van der Waals surface area (Å²) in [4.78, 5) is 27.4. The molecule has 1 fully saturated rings. The van der Waals surface area contributed by atoms with Gasteiger partial charge in [-0.1, -0.05) is 30.3 Å². The van der Waals surface area contributed by atoms with Gasteiger partial charge in [-0.25, -0.2) is 9.59 Å². The predicted molar refractivity (Wildman–Crippen MR) is 90.7 cm³/mol. The SMILES string of the molecule is O=C(Nc1ccn(C2O[C@H](CO)[C@@H](O)C2(F)F)c(=O)n1)OCc1ccccc1. The molecule has 0 bridgehead atoms.